The van der Waals surface area contributed by atoms with Crippen molar-refractivity contribution in [1.29, 1.82) is 0 Å². The standard InChI is InChI=1S/C25H48O4.Al/c1-4-5-6-7-8-9-10-11-12-13-14-15-16-17-18-19-22-27-23-20-21-25(26)29-28-24(2)3;/h11-12,24H,4-10,13-23H2,1-3H3;. The van der Waals surface area contributed by atoms with Crippen molar-refractivity contribution in [3.8, 4) is 0 Å². The van der Waals surface area contributed by atoms with Gasteiger partial charge >= 0.3 is 5.97 Å². The molecule has 30 heavy (non-hydrogen) atoms. The molecule has 0 unspecified atom stereocenters. The summed E-state index contributed by atoms with van der Waals surface area (Å²) in [5.41, 5.74) is 0. The largest absolute Gasteiger partial charge is 0.381 e. The normalized spacial score (nSPS) is 11.2. The molecule has 0 aromatic rings. The second-order valence-electron chi connectivity index (χ2n) is 8.25. The molecule has 0 amide bonds. The van der Waals surface area contributed by atoms with E-state index in [0.717, 1.165) is 13.0 Å². The quantitative estimate of drug-likeness (QED) is 0.0582. The van der Waals surface area contributed by atoms with E-state index in [1.54, 1.807) is 0 Å². The zero-order valence-corrected chi connectivity index (χ0v) is 21.3. The molecule has 0 bridgehead atoms. The van der Waals surface area contributed by atoms with Gasteiger partial charge in [-0.15, -0.1) is 0 Å². The fourth-order valence-electron chi connectivity index (χ4n) is 3.06. The molecular formula is C25H48AlO4. The first-order chi connectivity index (χ1) is 14.2. The van der Waals surface area contributed by atoms with Gasteiger partial charge in [-0.25, -0.2) is 4.79 Å². The van der Waals surface area contributed by atoms with Crippen molar-refractivity contribution in [3.05, 3.63) is 12.2 Å². The van der Waals surface area contributed by atoms with Gasteiger partial charge in [0.05, 0.1) is 12.5 Å². The monoisotopic (exact) mass is 439 g/mol. The molecule has 0 aliphatic carbocycles. The summed E-state index contributed by atoms with van der Waals surface area (Å²) in [7, 11) is 0. The second-order valence-corrected chi connectivity index (χ2v) is 8.25. The molecule has 0 aliphatic heterocycles. The maximum Gasteiger partial charge on any atom is 0.342 e. The van der Waals surface area contributed by atoms with Crippen LogP contribution in [0.15, 0.2) is 12.2 Å². The number of allylic oxidation sites excluding steroid dienone is 2. The average Bonchev–Trinajstić information content (AvgIpc) is 2.70. The van der Waals surface area contributed by atoms with E-state index in [9.17, 15) is 4.79 Å². The van der Waals surface area contributed by atoms with E-state index < -0.39 is 0 Å². The number of ether oxygens (including phenoxy) is 1. The topological polar surface area (TPSA) is 44.8 Å². The third-order valence-electron chi connectivity index (χ3n) is 4.80. The van der Waals surface area contributed by atoms with Crippen molar-refractivity contribution < 1.29 is 19.3 Å². The van der Waals surface area contributed by atoms with Crippen LogP contribution in [0.2, 0.25) is 0 Å². The van der Waals surface area contributed by atoms with Gasteiger partial charge in [-0.1, -0.05) is 76.9 Å². The van der Waals surface area contributed by atoms with Crippen LogP contribution in [-0.4, -0.2) is 42.6 Å². The molecule has 0 atom stereocenters. The smallest absolute Gasteiger partial charge is 0.342 e. The van der Waals surface area contributed by atoms with Crippen LogP contribution in [0, 0.1) is 0 Å². The Labute approximate surface area is 197 Å². The molecule has 3 radical (unpaired) electrons. The highest BCUT2D eigenvalue weighted by molar-refractivity contribution is 5.75. The van der Waals surface area contributed by atoms with Crippen LogP contribution in [0.5, 0.6) is 0 Å². The van der Waals surface area contributed by atoms with E-state index in [2.05, 4.69) is 24.0 Å². The summed E-state index contributed by atoms with van der Waals surface area (Å²) >= 11 is 0. The highest BCUT2D eigenvalue weighted by Crippen LogP contribution is 2.10. The maximum absolute atomic E-state index is 11.3. The van der Waals surface area contributed by atoms with Crippen molar-refractivity contribution in [1.82, 2.24) is 0 Å². The number of unbranched alkanes of at least 4 members (excludes halogenated alkanes) is 12. The summed E-state index contributed by atoms with van der Waals surface area (Å²) in [5.74, 6) is -0.320. The lowest BCUT2D eigenvalue weighted by molar-refractivity contribution is -0.291. The van der Waals surface area contributed by atoms with E-state index in [0.29, 0.717) is 19.4 Å². The first kappa shape index (κ1) is 31.8. The molecular weight excluding hydrogens is 391 g/mol. The fraction of sp³-hybridized carbons (Fsp3) is 0.880. The van der Waals surface area contributed by atoms with Gasteiger partial charge < -0.3 is 4.74 Å². The first-order valence-corrected chi connectivity index (χ1v) is 12.3. The minimum Gasteiger partial charge on any atom is -0.381 e. The SMILES string of the molecule is CCCCCCCCC=CCCCCCCCCOCCCC(=O)OOC(C)C.[Al]. The Balaban J connectivity index is 0. The summed E-state index contributed by atoms with van der Waals surface area (Å²) in [6.07, 6.45) is 24.1. The molecule has 0 saturated carbocycles. The molecule has 175 valence electrons. The minimum atomic E-state index is -0.320. The molecule has 0 saturated heterocycles. The molecule has 0 N–H and O–H groups in total. The highest BCUT2D eigenvalue weighted by atomic mass is 27.0. The predicted octanol–water partition coefficient (Wildman–Crippen LogP) is 7.32. The third-order valence-corrected chi connectivity index (χ3v) is 4.80. The van der Waals surface area contributed by atoms with Crippen LogP contribution in [0.1, 0.15) is 124 Å². The van der Waals surface area contributed by atoms with Gasteiger partial charge in [0.15, 0.2) is 0 Å². The number of carbonyl (C=O) groups is 1. The van der Waals surface area contributed by atoms with Crippen molar-refractivity contribution >= 4 is 23.3 Å². The summed E-state index contributed by atoms with van der Waals surface area (Å²) < 4.78 is 5.57. The van der Waals surface area contributed by atoms with E-state index in [1.807, 2.05) is 13.8 Å². The van der Waals surface area contributed by atoms with E-state index in [4.69, 9.17) is 9.62 Å². The van der Waals surface area contributed by atoms with Gasteiger partial charge in [0.25, 0.3) is 0 Å². The lowest BCUT2D eigenvalue weighted by Crippen LogP contribution is -2.11. The number of hydrogen-bond donors (Lipinski definition) is 0. The number of carbonyl (C=O) groups excluding carboxylic acids is 1. The van der Waals surface area contributed by atoms with Crippen LogP contribution in [0.3, 0.4) is 0 Å². The zero-order valence-electron chi connectivity index (χ0n) is 20.2. The lowest BCUT2D eigenvalue weighted by Gasteiger charge is -2.06. The van der Waals surface area contributed by atoms with Gasteiger partial charge in [-0.05, 0) is 52.4 Å². The lowest BCUT2D eigenvalue weighted by atomic mass is 10.1. The molecule has 0 spiro atoms. The van der Waals surface area contributed by atoms with Crippen molar-refractivity contribution in [2.75, 3.05) is 13.2 Å². The third kappa shape index (κ3) is 27.7. The Hall–Kier alpha value is -0.338. The van der Waals surface area contributed by atoms with Gasteiger partial charge in [0.1, 0.15) is 0 Å². The number of rotatable bonds is 22. The van der Waals surface area contributed by atoms with Crippen molar-refractivity contribution in [2.45, 2.75) is 130 Å². The van der Waals surface area contributed by atoms with Crippen LogP contribution < -0.4 is 0 Å². The van der Waals surface area contributed by atoms with Crippen LogP contribution in [0.25, 0.3) is 0 Å². The van der Waals surface area contributed by atoms with Gasteiger partial charge in [-0.3, -0.25) is 4.89 Å². The van der Waals surface area contributed by atoms with Crippen molar-refractivity contribution in [3.63, 3.8) is 0 Å². The molecule has 0 heterocycles. The van der Waals surface area contributed by atoms with E-state index in [1.165, 1.54) is 83.5 Å². The molecule has 0 rings (SSSR count). The molecule has 0 aromatic heterocycles. The van der Waals surface area contributed by atoms with Crippen molar-refractivity contribution in [2.24, 2.45) is 0 Å². The van der Waals surface area contributed by atoms with Crippen LogP contribution in [-0.2, 0) is 19.3 Å². The van der Waals surface area contributed by atoms with Gasteiger partial charge in [0.2, 0.25) is 0 Å². The predicted molar refractivity (Wildman–Crippen MR) is 128 cm³/mol. The molecule has 0 aromatic carbocycles. The Morgan fingerprint density at radius 1 is 0.733 bits per heavy atom. The molecule has 4 nitrogen and oxygen atoms in total. The van der Waals surface area contributed by atoms with Gasteiger partial charge in [-0.2, -0.15) is 4.89 Å². The second kappa shape index (κ2) is 26.7. The summed E-state index contributed by atoms with van der Waals surface area (Å²) in [6, 6.07) is 0. The van der Waals surface area contributed by atoms with Gasteiger partial charge in [0, 0.05) is 30.6 Å². The Morgan fingerprint density at radius 3 is 1.80 bits per heavy atom. The average molecular weight is 440 g/mol. The van der Waals surface area contributed by atoms with E-state index >= 15 is 0 Å². The summed E-state index contributed by atoms with van der Waals surface area (Å²) in [6.45, 7) is 7.32. The maximum atomic E-state index is 11.3. The Bertz CT molecular complexity index is 372. The molecule has 0 fully saturated rings. The van der Waals surface area contributed by atoms with E-state index in [-0.39, 0.29) is 29.4 Å². The first-order valence-electron chi connectivity index (χ1n) is 12.3. The highest BCUT2D eigenvalue weighted by Gasteiger charge is 2.05. The zero-order chi connectivity index (χ0) is 21.4. The Kier molecular flexibility index (Phi) is 28.3. The van der Waals surface area contributed by atoms with Crippen LogP contribution in [0.4, 0.5) is 0 Å². The molecule has 5 heteroatoms. The minimum absolute atomic E-state index is 0. The summed E-state index contributed by atoms with van der Waals surface area (Å²) in [5, 5.41) is 0. The molecule has 0 aliphatic rings. The number of hydrogen-bond acceptors (Lipinski definition) is 4. The summed E-state index contributed by atoms with van der Waals surface area (Å²) in [4.78, 5) is 20.8. The fourth-order valence-corrected chi connectivity index (χ4v) is 3.06. The van der Waals surface area contributed by atoms with Crippen LogP contribution >= 0.6 is 0 Å². The Morgan fingerprint density at radius 2 is 1.23 bits per heavy atom.